The number of aromatic nitrogens is 1. The third kappa shape index (κ3) is 5.63. The number of nitrogens with one attached hydrogen (secondary N) is 1. The van der Waals surface area contributed by atoms with Crippen molar-refractivity contribution in [1.29, 1.82) is 0 Å². The lowest BCUT2D eigenvalue weighted by Gasteiger charge is -2.20. The van der Waals surface area contributed by atoms with Crippen LogP contribution in [0.1, 0.15) is 48.8 Å². The Balaban J connectivity index is 2.00. The van der Waals surface area contributed by atoms with Gasteiger partial charge in [-0.2, -0.15) is 0 Å². The molecular formula is C19H25N3O5. The van der Waals surface area contributed by atoms with Crippen LogP contribution in [0.5, 0.6) is 0 Å². The van der Waals surface area contributed by atoms with Crippen molar-refractivity contribution in [3.8, 4) is 0 Å². The monoisotopic (exact) mass is 375 g/mol. The third-order valence-electron chi connectivity index (χ3n) is 3.99. The molecule has 0 aliphatic carbocycles. The number of aliphatic hydroxyl groups is 1. The van der Waals surface area contributed by atoms with Crippen LogP contribution in [-0.4, -0.2) is 34.1 Å². The van der Waals surface area contributed by atoms with Gasteiger partial charge in [0.25, 0.3) is 5.91 Å². The summed E-state index contributed by atoms with van der Waals surface area (Å²) < 4.78 is 10.5. The molecule has 1 aromatic carbocycles. The largest absolute Gasteiger partial charge is 0.459 e. The van der Waals surface area contributed by atoms with Crippen molar-refractivity contribution < 1.29 is 23.8 Å². The minimum Gasteiger partial charge on any atom is -0.459 e. The maximum Gasteiger partial charge on any atom is 0.329 e. The molecule has 8 nitrogen and oxygen atoms in total. The predicted molar refractivity (Wildman–Crippen MR) is 97.4 cm³/mol. The molecular weight excluding hydrogens is 350 g/mol. The average molecular weight is 375 g/mol. The fraction of sp³-hybridized carbons (Fsp3) is 0.421. The van der Waals surface area contributed by atoms with E-state index in [9.17, 15) is 14.7 Å². The van der Waals surface area contributed by atoms with Crippen LogP contribution in [0.4, 0.5) is 0 Å². The number of amides is 1. The smallest absolute Gasteiger partial charge is 0.329 e. The molecule has 0 aliphatic rings. The molecule has 1 aromatic heterocycles. The summed E-state index contributed by atoms with van der Waals surface area (Å²) in [5.41, 5.74) is 6.56. The van der Waals surface area contributed by atoms with Crippen LogP contribution in [0, 0.1) is 5.92 Å². The van der Waals surface area contributed by atoms with Crippen molar-refractivity contribution in [2.75, 3.05) is 0 Å². The summed E-state index contributed by atoms with van der Waals surface area (Å²) >= 11 is 0. The number of hydrogen-bond acceptors (Lipinski definition) is 7. The molecule has 0 spiro atoms. The zero-order valence-corrected chi connectivity index (χ0v) is 15.6. The molecule has 0 bridgehead atoms. The van der Waals surface area contributed by atoms with Gasteiger partial charge in [-0.05, 0) is 18.4 Å². The van der Waals surface area contributed by atoms with Crippen molar-refractivity contribution in [3.05, 3.63) is 53.7 Å². The number of carbonyl (C=O) groups is 2. The number of aliphatic hydroxyl groups excluding tert-OH is 1. The third-order valence-corrected chi connectivity index (χ3v) is 3.99. The molecule has 146 valence electrons. The molecule has 0 fully saturated rings. The van der Waals surface area contributed by atoms with E-state index < -0.39 is 30.1 Å². The first-order valence-corrected chi connectivity index (χ1v) is 8.70. The standard InChI is InChI=1S/C19H25N3O5/c1-11(2)16(19(25)27-9-13-7-5-4-6-8-13)22-17(24)14-10-26-18(21-14)15(20)12(3)23/h4-8,10-12,15-16,23H,9,20H2,1-3H3,(H,22,24). The molecule has 0 saturated heterocycles. The second kappa shape index (κ2) is 9.29. The summed E-state index contributed by atoms with van der Waals surface area (Å²) in [6.07, 6.45) is 0.260. The van der Waals surface area contributed by atoms with E-state index in [4.69, 9.17) is 14.9 Å². The molecule has 27 heavy (non-hydrogen) atoms. The Labute approximate surface area is 157 Å². The number of hydrogen-bond donors (Lipinski definition) is 3. The molecule has 1 heterocycles. The van der Waals surface area contributed by atoms with E-state index in [1.807, 2.05) is 30.3 Å². The minimum absolute atomic E-state index is 0.0254. The molecule has 8 heteroatoms. The van der Waals surface area contributed by atoms with E-state index >= 15 is 0 Å². The summed E-state index contributed by atoms with van der Waals surface area (Å²) in [7, 11) is 0. The Morgan fingerprint density at radius 1 is 1.26 bits per heavy atom. The van der Waals surface area contributed by atoms with Crippen molar-refractivity contribution in [1.82, 2.24) is 10.3 Å². The maximum absolute atomic E-state index is 12.4. The Hall–Kier alpha value is -2.71. The van der Waals surface area contributed by atoms with Gasteiger partial charge in [0.1, 0.15) is 25.0 Å². The Kier molecular flexibility index (Phi) is 7.09. The molecule has 3 unspecified atom stereocenters. The number of oxazole rings is 1. The van der Waals surface area contributed by atoms with Crippen LogP contribution >= 0.6 is 0 Å². The zero-order chi connectivity index (χ0) is 20.0. The predicted octanol–water partition coefficient (Wildman–Crippen LogP) is 1.55. The van der Waals surface area contributed by atoms with Gasteiger partial charge in [-0.25, -0.2) is 9.78 Å². The summed E-state index contributed by atoms with van der Waals surface area (Å²) in [4.78, 5) is 28.8. The molecule has 4 N–H and O–H groups in total. The van der Waals surface area contributed by atoms with Gasteiger partial charge >= 0.3 is 5.97 Å². The summed E-state index contributed by atoms with van der Waals surface area (Å²) in [6.45, 7) is 5.21. The molecule has 2 rings (SSSR count). The van der Waals surface area contributed by atoms with Crippen LogP contribution in [0.3, 0.4) is 0 Å². The lowest BCUT2D eigenvalue weighted by molar-refractivity contribution is -0.148. The fourth-order valence-corrected chi connectivity index (χ4v) is 2.28. The fourth-order valence-electron chi connectivity index (χ4n) is 2.28. The normalized spacial score (nSPS) is 14.4. The molecule has 3 atom stereocenters. The Morgan fingerprint density at radius 3 is 2.52 bits per heavy atom. The van der Waals surface area contributed by atoms with Gasteiger partial charge in [-0.1, -0.05) is 44.2 Å². The van der Waals surface area contributed by atoms with E-state index in [-0.39, 0.29) is 24.1 Å². The van der Waals surface area contributed by atoms with Crippen molar-refractivity contribution in [2.45, 2.75) is 45.6 Å². The van der Waals surface area contributed by atoms with E-state index in [1.165, 1.54) is 6.92 Å². The van der Waals surface area contributed by atoms with E-state index in [2.05, 4.69) is 10.3 Å². The molecule has 0 radical (unpaired) electrons. The van der Waals surface area contributed by atoms with Crippen molar-refractivity contribution in [2.24, 2.45) is 11.7 Å². The number of rotatable bonds is 8. The van der Waals surface area contributed by atoms with Crippen LogP contribution in [0.25, 0.3) is 0 Å². The zero-order valence-electron chi connectivity index (χ0n) is 15.6. The maximum atomic E-state index is 12.4. The van der Waals surface area contributed by atoms with E-state index in [0.29, 0.717) is 0 Å². The van der Waals surface area contributed by atoms with Crippen LogP contribution in [-0.2, 0) is 16.1 Å². The summed E-state index contributed by atoms with van der Waals surface area (Å²) in [6, 6.07) is 7.58. The van der Waals surface area contributed by atoms with Gasteiger partial charge in [0.15, 0.2) is 5.69 Å². The highest BCUT2D eigenvalue weighted by atomic mass is 16.5. The van der Waals surface area contributed by atoms with Crippen molar-refractivity contribution >= 4 is 11.9 Å². The van der Waals surface area contributed by atoms with Crippen LogP contribution in [0.15, 0.2) is 41.0 Å². The van der Waals surface area contributed by atoms with Gasteiger partial charge in [0.05, 0.1) is 6.10 Å². The minimum atomic E-state index is -0.879. The highest BCUT2D eigenvalue weighted by molar-refractivity contribution is 5.95. The number of carbonyl (C=O) groups excluding carboxylic acids is 2. The SMILES string of the molecule is CC(C)C(NC(=O)c1coc(C(N)C(C)O)n1)C(=O)OCc1ccccc1. The number of nitrogens with zero attached hydrogens (tertiary/aromatic N) is 1. The molecule has 1 amide bonds. The van der Waals surface area contributed by atoms with E-state index in [1.54, 1.807) is 13.8 Å². The lowest BCUT2D eigenvalue weighted by Crippen LogP contribution is -2.45. The quantitative estimate of drug-likeness (QED) is 0.597. The van der Waals surface area contributed by atoms with Crippen LogP contribution < -0.4 is 11.1 Å². The lowest BCUT2D eigenvalue weighted by atomic mass is 10.0. The first-order valence-electron chi connectivity index (χ1n) is 8.70. The van der Waals surface area contributed by atoms with Crippen LogP contribution in [0.2, 0.25) is 0 Å². The van der Waals surface area contributed by atoms with Gasteiger partial charge < -0.3 is 25.3 Å². The molecule has 0 aliphatic heterocycles. The second-order valence-corrected chi connectivity index (χ2v) is 6.63. The van der Waals surface area contributed by atoms with Gasteiger partial charge in [0, 0.05) is 0 Å². The second-order valence-electron chi connectivity index (χ2n) is 6.63. The Morgan fingerprint density at radius 2 is 1.93 bits per heavy atom. The number of esters is 1. The highest BCUT2D eigenvalue weighted by Crippen LogP contribution is 2.14. The number of benzene rings is 1. The van der Waals surface area contributed by atoms with Gasteiger partial charge in [-0.15, -0.1) is 0 Å². The van der Waals surface area contributed by atoms with Gasteiger partial charge in [0.2, 0.25) is 5.89 Å². The first-order chi connectivity index (χ1) is 12.8. The summed E-state index contributed by atoms with van der Waals surface area (Å²) in [5, 5.41) is 12.1. The number of ether oxygens (including phenoxy) is 1. The molecule has 2 aromatic rings. The number of nitrogens with two attached hydrogens (primary N) is 1. The summed E-state index contributed by atoms with van der Waals surface area (Å²) in [5.74, 6) is -1.27. The van der Waals surface area contributed by atoms with Crippen molar-refractivity contribution in [3.63, 3.8) is 0 Å². The van der Waals surface area contributed by atoms with Gasteiger partial charge in [-0.3, -0.25) is 4.79 Å². The Bertz CT molecular complexity index is 758. The first kappa shape index (κ1) is 20.6. The molecule has 0 saturated carbocycles. The highest BCUT2D eigenvalue weighted by Gasteiger charge is 2.28. The topological polar surface area (TPSA) is 128 Å². The average Bonchev–Trinajstić information content (AvgIpc) is 3.14. The van der Waals surface area contributed by atoms with E-state index in [0.717, 1.165) is 11.8 Å².